The van der Waals surface area contributed by atoms with Gasteiger partial charge in [0, 0.05) is 12.2 Å². The maximum atomic E-state index is 12.7. The third kappa shape index (κ3) is 2.99. The fourth-order valence-corrected chi connectivity index (χ4v) is 4.63. The highest BCUT2D eigenvalue weighted by atomic mass is 32.2. The zero-order chi connectivity index (χ0) is 19.2. The number of aromatic nitrogens is 1. The number of carbonyl (C=O) groups is 1. The van der Waals surface area contributed by atoms with Gasteiger partial charge in [-0.05, 0) is 50.1 Å². The topological polar surface area (TPSA) is 106 Å². The van der Waals surface area contributed by atoms with Crippen LogP contribution in [0.2, 0.25) is 0 Å². The second kappa shape index (κ2) is 6.27. The van der Waals surface area contributed by atoms with Crippen LogP contribution in [0, 0.1) is 13.8 Å². The molecule has 0 bridgehead atoms. The molecule has 4 rings (SSSR count). The third-order valence-electron chi connectivity index (χ3n) is 4.45. The summed E-state index contributed by atoms with van der Waals surface area (Å²) in [6, 6.07) is 8.40. The molecule has 140 valence electrons. The summed E-state index contributed by atoms with van der Waals surface area (Å²) >= 11 is 0. The van der Waals surface area contributed by atoms with Gasteiger partial charge in [0.05, 0.1) is 12.0 Å². The van der Waals surface area contributed by atoms with Crippen LogP contribution in [0.1, 0.15) is 27.6 Å². The number of amides is 1. The summed E-state index contributed by atoms with van der Waals surface area (Å²) in [6.07, 6.45) is 2.14. The summed E-state index contributed by atoms with van der Waals surface area (Å²) in [5.74, 6) is 0.199. The molecule has 3 heterocycles. The summed E-state index contributed by atoms with van der Waals surface area (Å²) in [6.45, 7) is 3.62. The van der Waals surface area contributed by atoms with Gasteiger partial charge in [0.1, 0.15) is 5.69 Å². The minimum Gasteiger partial charge on any atom is -0.459 e. The molecule has 0 spiro atoms. The number of aryl methyl sites for hydroxylation is 2. The van der Waals surface area contributed by atoms with Crippen molar-refractivity contribution in [2.75, 3.05) is 16.2 Å². The smallest absolute Gasteiger partial charge is 0.293 e. The Morgan fingerprint density at radius 2 is 2.07 bits per heavy atom. The highest BCUT2D eigenvalue weighted by Gasteiger charge is 2.29. The molecule has 2 aromatic heterocycles. The van der Waals surface area contributed by atoms with Crippen LogP contribution >= 0.6 is 0 Å². The summed E-state index contributed by atoms with van der Waals surface area (Å²) in [4.78, 5) is 14.2. The molecule has 9 heteroatoms. The Kier molecular flexibility index (Phi) is 4.03. The van der Waals surface area contributed by atoms with Crippen LogP contribution in [-0.2, 0) is 16.4 Å². The molecule has 0 aliphatic carbocycles. The normalized spacial score (nSPS) is 13.6. The fraction of sp³-hybridized carbons (Fsp3) is 0.222. The second-order valence-corrected chi connectivity index (χ2v) is 7.91. The van der Waals surface area contributed by atoms with Crippen LogP contribution in [0.4, 0.5) is 11.4 Å². The van der Waals surface area contributed by atoms with Gasteiger partial charge in [0.15, 0.2) is 16.4 Å². The Bertz CT molecular complexity index is 1100. The van der Waals surface area contributed by atoms with Crippen LogP contribution < -0.4 is 9.62 Å². The van der Waals surface area contributed by atoms with Gasteiger partial charge in [-0.15, -0.1) is 0 Å². The summed E-state index contributed by atoms with van der Waals surface area (Å²) in [5, 5.41) is 3.69. The largest absolute Gasteiger partial charge is 0.459 e. The molecule has 1 amide bonds. The van der Waals surface area contributed by atoms with E-state index in [9.17, 15) is 13.2 Å². The second-order valence-electron chi connectivity index (χ2n) is 6.29. The minimum absolute atomic E-state index is 0.0199. The highest BCUT2D eigenvalue weighted by Crippen LogP contribution is 2.33. The molecule has 1 aliphatic rings. The number of rotatable bonds is 4. The Balaban J connectivity index is 1.65. The monoisotopic (exact) mass is 387 g/mol. The van der Waals surface area contributed by atoms with Gasteiger partial charge in [-0.3, -0.25) is 9.52 Å². The van der Waals surface area contributed by atoms with Crippen molar-refractivity contribution in [1.29, 1.82) is 0 Å². The maximum Gasteiger partial charge on any atom is 0.293 e. The number of nitrogens with one attached hydrogen (secondary N) is 1. The molecule has 0 unspecified atom stereocenters. The van der Waals surface area contributed by atoms with E-state index in [-0.39, 0.29) is 28.0 Å². The predicted molar refractivity (Wildman–Crippen MR) is 97.3 cm³/mol. The molecule has 27 heavy (non-hydrogen) atoms. The number of carbonyl (C=O) groups excluding carboxylic acids is 1. The van der Waals surface area contributed by atoms with E-state index in [4.69, 9.17) is 8.94 Å². The van der Waals surface area contributed by atoms with Gasteiger partial charge in [-0.2, -0.15) is 0 Å². The van der Waals surface area contributed by atoms with Gasteiger partial charge in [-0.1, -0.05) is 11.2 Å². The van der Waals surface area contributed by atoms with E-state index in [1.165, 1.54) is 6.26 Å². The number of hydrogen-bond acceptors (Lipinski definition) is 6. The summed E-state index contributed by atoms with van der Waals surface area (Å²) < 4.78 is 38.1. The number of sulfonamides is 1. The average Bonchev–Trinajstić information content (AvgIpc) is 3.34. The van der Waals surface area contributed by atoms with Gasteiger partial charge >= 0.3 is 0 Å². The number of fused-ring (bicyclic) bond motifs is 1. The molecule has 3 aromatic rings. The van der Waals surface area contributed by atoms with Gasteiger partial charge < -0.3 is 13.8 Å². The van der Waals surface area contributed by atoms with Crippen molar-refractivity contribution in [1.82, 2.24) is 5.16 Å². The van der Waals surface area contributed by atoms with Crippen LogP contribution in [0.3, 0.4) is 0 Å². The van der Waals surface area contributed by atoms with E-state index in [0.29, 0.717) is 24.3 Å². The molecular weight excluding hydrogens is 370 g/mol. The number of hydrogen-bond donors (Lipinski definition) is 1. The van der Waals surface area contributed by atoms with Gasteiger partial charge in [0.25, 0.3) is 15.9 Å². The van der Waals surface area contributed by atoms with Crippen LogP contribution in [0.5, 0.6) is 0 Å². The Hall–Kier alpha value is -3.07. The van der Waals surface area contributed by atoms with Crippen molar-refractivity contribution >= 4 is 27.3 Å². The van der Waals surface area contributed by atoms with Crippen LogP contribution in [-0.4, -0.2) is 26.0 Å². The lowest BCUT2D eigenvalue weighted by atomic mass is 10.1. The van der Waals surface area contributed by atoms with E-state index in [2.05, 4.69) is 9.88 Å². The molecule has 0 radical (unpaired) electrons. The molecule has 0 atom stereocenters. The summed E-state index contributed by atoms with van der Waals surface area (Å²) in [7, 11) is -3.86. The van der Waals surface area contributed by atoms with Crippen LogP contribution in [0.25, 0.3) is 0 Å². The standard InChI is InChI=1S/C18H17N3O5S/c1-11-17(12(2)26-19-11)27(23,24)20-14-6-5-13-7-8-21(15(13)10-14)18(22)16-4-3-9-25-16/h3-6,9-10,20H,7-8H2,1-2H3. The average molecular weight is 387 g/mol. The Morgan fingerprint density at radius 1 is 1.26 bits per heavy atom. The molecule has 0 saturated heterocycles. The first-order valence-electron chi connectivity index (χ1n) is 8.31. The Labute approximate surface area is 155 Å². The number of anilines is 2. The molecule has 1 N–H and O–H groups in total. The third-order valence-corrected chi connectivity index (χ3v) is 6.07. The van der Waals surface area contributed by atoms with Crippen molar-refractivity contribution in [2.24, 2.45) is 0 Å². The van der Waals surface area contributed by atoms with Crippen molar-refractivity contribution in [3.63, 3.8) is 0 Å². The van der Waals surface area contributed by atoms with E-state index >= 15 is 0 Å². The van der Waals surface area contributed by atoms with Crippen molar-refractivity contribution < 1.29 is 22.2 Å². The minimum atomic E-state index is -3.86. The van der Waals surface area contributed by atoms with Crippen molar-refractivity contribution in [3.8, 4) is 0 Å². The van der Waals surface area contributed by atoms with E-state index < -0.39 is 10.0 Å². The maximum absolute atomic E-state index is 12.7. The molecular formula is C18H17N3O5S. The van der Waals surface area contributed by atoms with Crippen molar-refractivity contribution in [2.45, 2.75) is 25.2 Å². The zero-order valence-electron chi connectivity index (χ0n) is 14.7. The van der Waals surface area contributed by atoms with E-state index in [1.807, 2.05) is 6.07 Å². The zero-order valence-corrected chi connectivity index (χ0v) is 15.5. The fourth-order valence-electron chi connectivity index (χ4n) is 3.25. The van der Waals surface area contributed by atoms with E-state index in [0.717, 1.165) is 5.56 Å². The Morgan fingerprint density at radius 3 is 2.74 bits per heavy atom. The first-order chi connectivity index (χ1) is 12.9. The lowest BCUT2D eigenvalue weighted by molar-refractivity contribution is 0.0963. The molecule has 8 nitrogen and oxygen atoms in total. The molecule has 0 fully saturated rings. The predicted octanol–water partition coefficient (Wildman–Crippen LogP) is 2.89. The SMILES string of the molecule is Cc1noc(C)c1S(=O)(=O)Nc1ccc2c(c1)N(C(=O)c1ccco1)CC2. The first kappa shape index (κ1) is 17.3. The van der Waals surface area contributed by atoms with Gasteiger partial charge in [-0.25, -0.2) is 8.42 Å². The number of nitrogens with zero attached hydrogens (tertiary/aromatic N) is 2. The first-order valence-corrected chi connectivity index (χ1v) is 9.79. The molecule has 1 aliphatic heterocycles. The van der Waals surface area contributed by atoms with Crippen molar-refractivity contribution in [3.05, 3.63) is 59.4 Å². The number of furan rings is 1. The molecule has 0 saturated carbocycles. The quantitative estimate of drug-likeness (QED) is 0.738. The number of benzene rings is 1. The summed E-state index contributed by atoms with van der Waals surface area (Å²) in [5.41, 5.74) is 2.27. The lowest BCUT2D eigenvalue weighted by Crippen LogP contribution is -2.28. The van der Waals surface area contributed by atoms with Crippen LogP contribution in [0.15, 0.2) is 50.4 Å². The van der Waals surface area contributed by atoms with Gasteiger partial charge in [0.2, 0.25) is 0 Å². The lowest BCUT2D eigenvalue weighted by Gasteiger charge is -2.17. The molecule has 1 aromatic carbocycles. The highest BCUT2D eigenvalue weighted by molar-refractivity contribution is 7.92. The van der Waals surface area contributed by atoms with E-state index in [1.54, 1.807) is 43.0 Å².